The average molecular weight is 385 g/mol. The molecular formula is C18H26F3N5O. The molecule has 1 aromatic rings. The van der Waals surface area contributed by atoms with Crippen molar-refractivity contribution in [3.8, 4) is 0 Å². The maximum absolute atomic E-state index is 12.5. The molecule has 1 heterocycles. The SMILES string of the molecule is CN=C(NCCc1cccc(C(=O)NC)c1)NC1CCN(CC(F)(F)F)C1. The Labute approximate surface area is 157 Å². The Bertz CT molecular complexity index is 663. The second kappa shape index (κ2) is 9.59. The van der Waals surface area contributed by atoms with Crippen molar-refractivity contribution in [2.24, 2.45) is 4.99 Å². The van der Waals surface area contributed by atoms with Gasteiger partial charge in [0.05, 0.1) is 6.54 Å². The number of alkyl halides is 3. The molecule has 1 fully saturated rings. The smallest absolute Gasteiger partial charge is 0.356 e. The summed E-state index contributed by atoms with van der Waals surface area (Å²) in [4.78, 5) is 17.2. The van der Waals surface area contributed by atoms with Crippen LogP contribution in [-0.4, -0.2) is 69.3 Å². The van der Waals surface area contributed by atoms with Gasteiger partial charge in [-0.25, -0.2) is 0 Å². The normalized spacial score (nSPS) is 18.4. The van der Waals surface area contributed by atoms with Crippen molar-refractivity contribution in [3.05, 3.63) is 35.4 Å². The number of rotatable bonds is 6. The Morgan fingerprint density at radius 2 is 2.15 bits per heavy atom. The standard InChI is InChI=1S/C18H26F3N5O/c1-22-16(27)14-5-3-4-13(10-14)6-8-24-17(23-2)25-15-7-9-26(11-15)12-18(19,20)21/h3-5,10,15H,6-9,11-12H2,1-2H3,(H,22,27)(H2,23,24,25). The number of hydrogen-bond donors (Lipinski definition) is 3. The van der Waals surface area contributed by atoms with E-state index in [2.05, 4.69) is 20.9 Å². The van der Waals surface area contributed by atoms with Crippen LogP contribution in [0.15, 0.2) is 29.3 Å². The van der Waals surface area contributed by atoms with Crippen LogP contribution in [-0.2, 0) is 6.42 Å². The van der Waals surface area contributed by atoms with Crippen LogP contribution in [0.2, 0.25) is 0 Å². The summed E-state index contributed by atoms with van der Waals surface area (Å²) in [6.07, 6.45) is -2.83. The van der Waals surface area contributed by atoms with Gasteiger partial charge in [-0.1, -0.05) is 12.1 Å². The number of hydrogen-bond acceptors (Lipinski definition) is 3. The van der Waals surface area contributed by atoms with Crippen LogP contribution in [0.4, 0.5) is 13.2 Å². The summed E-state index contributed by atoms with van der Waals surface area (Å²) >= 11 is 0. The lowest BCUT2D eigenvalue weighted by Crippen LogP contribution is -2.45. The van der Waals surface area contributed by atoms with Gasteiger partial charge in [0.15, 0.2) is 5.96 Å². The van der Waals surface area contributed by atoms with Crippen molar-refractivity contribution in [2.75, 3.05) is 40.3 Å². The lowest BCUT2D eigenvalue weighted by atomic mass is 10.1. The Hall–Kier alpha value is -2.29. The van der Waals surface area contributed by atoms with E-state index in [1.807, 2.05) is 18.2 Å². The number of nitrogens with zero attached hydrogens (tertiary/aromatic N) is 2. The van der Waals surface area contributed by atoms with Gasteiger partial charge in [0.1, 0.15) is 0 Å². The van der Waals surface area contributed by atoms with E-state index in [-0.39, 0.29) is 11.9 Å². The molecule has 1 aromatic carbocycles. The lowest BCUT2D eigenvalue weighted by molar-refractivity contribution is -0.143. The zero-order valence-corrected chi connectivity index (χ0v) is 15.6. The van der Waals surface area contributed by atoms with Gasteiger partial charge in [-0.2, -0.15) is 13.2 Å². The molecule has 9 heteroatoms. The number of carbonyl (C=O) groups is 1. The third-order valence-corrected chi connectivity index (χ3v) is 4.36. The predicted octanol–water partition coefficient (Wildman–Crippen LogP) is 1.39. The number of aliphatic imine (C=N–C) groups is 1. The zero-order valence-electron chi connectivity index (χ0n) is 15.6. The third-order valence-electron chi connectivity index (χ3n) is 4.36. The highest BCUT2D eigenvalue weighted by Gasteiger charge is 2.34. The molecule has 0 radical (unpaired) electrons. The van der Waals surface area contributed by atoms with Gasteiger partial charge in [0, 0.05) is 45.3 Å². The average Bonchev–Trinajstić information content (AvgIpc) is 3.05. The van der Waals surface area contributed by atoms with E-state index in [0.717, 1.165) is 5.56 Å². The minimum Gasteiger partial charge on any atom is -0.356 e. The molecule has 150 valence electrons. The summed E-state index contributed by atoms with van der Waals surface area (Å²) in [5.74, 6) is 0.434. The number of amides is 1. The number of nitrogens with one attached hydrogen (secondary N) is 3. The number of halogens is 3. The summed E-state index contributed by atoms with van der Waals surface area (Å²) in [5, 5.41) is 8.93. The van der Waals surface area contributed by atoms with E-state index in [1.165, 1.54) is 4.90 Å². The minimum absolute atomic E-state index is 0.0601. The Morgan fingerprint density at radius 1 is 1.37 bits per heavy atom. The van der Waals surface area contributed by atoms with Gasteiger partial charge in [-0.15, -0.1) is 0 Å². The van der Waals surface area contributed by atoms with Crippen molar-refractivity contribution >= 4 is 11.9 Å². The van der Waals surface area contributed by atoms with Crippen molar-refractivity contribution in [1.29, 1.82) is 0 Å². The molecule has 0 aromatic heterocycles. The van der Waals surface area contributed by atoms with Crippen molar-refractivity contribution < 1.29 is 18.0 Å². The quantitative estimate of drug-likeness (QED) is 0.511. The lowest BCUT2D eigenvalue weighted by Gasteiger charge is -2.19. The number of carbonyl (C=O) groups excluding carboxylic acids is 1. The molecule has 3 N–H and O–H groups in total. The second-order valence-electron chi connectivity index (χ2n) is 6.51. The fourth-order valence-corrected chi connectivity index (χ4v) is 3.07. The van der Waals surface area contributed by atoms with Gasteiger partial charge < -0.3 is 16.0 Å². The molecule has 2 rings (SSSR count). The molecule has 1 aliphatic rings. The predicted molar refractivity (Wildman–Crippen MR) is 98.9 cm³/mol. The van der Waals surface area contributed by atoms with Crippen molar-refractivity contribution in [3.63, 3.8) is 0 Å². The highest BCUT2D eigenvalue weighted by Crippen LogP contribution is 2.19. The highest BCUT2D eigenvalue weighted by atomic mass is 19.4. The van der Waals surface area contributed by atoms with Gasteiger partial charge >= 0.3 is 6.18 Å². The topological polar surface area (TPSA) is 68.8 Å². The van der Waals surface area contributed by atoms with E-state index >= 15 is 0 Å². The number of benzene rings is 1. The van der Waals surface area contributed by atoms with E-state index in [9.17, 15) is 18.0 Å². The monoisotopic (exact) mass is 385 g/mol. The van der Waals surface area contributed by atoms with E-state index < -0.39 is 12.7 Å². The Balaban J connectivity index is 1.77. The summed E-state index contributed by atoms with van der Waals surface area (Å²) in [5.41, 5.74) is 1.62. The first kappa shape index (κ1) is 21.0. The van der Waals surface area contributed by atoms with Crippen LogP contribution in [0.1, 0.15) is 22.3 Å². The van der Waals surface area contributed by atoms with Gasteiger partial charge in [-0.05, 0) is 30.5 Å². The first-order valence-electron chi connectivity index (χ1n) is 8.88. The molecule has 1 unspecified atom stereocenters. The summed E-state index contributed by atoms with van der Waals surface area (Å²) in [6, 6.07) is 7.30. The van der Waals surface area contributed by atoms with E-state index in [0.29, 0.717) is 44.0 Å². The third kappa shape index (κ3) is 7.09. The molecule has 6 nitrogen and oxygen atoms in total. The van der Waals surface area contributed by atoms with E-state index in [1.54, 1.807) is 20.2 Å². The van der Waals surface area contributed by atoms with Crippen LogP contribution >= 0.6 is 0 Å². The van der Waals surface area contributed by atoms with Crippen LogP contribution < -0.4 is 16.0 Å². The zero-order chi connectivity index (χ0) is 19.9. The van der Waals surface area contributed by atoms with Crippen molar-refractivity contribution in [2.45, 2.75) is 25.1 Å². The molecular weight excluding hydrogens is 359 g/mol. The number of guanidine groups is 1. The molecule has 1 amide bonds. The first-order chi connectivity index (χ1) is 12.8. The Kier molecular flexibility index (Phi) is 7.46. The summed E-state index contributed by atoms with van der Waals surface area (Å²) in [7, 11) is 3.22. The fourth-order valence-electron chi connectivity index (χ4n) is 3.07. The molecule has 27 heavy (non-hydrogen) atoms. The van der Waals surface area contributed by atoms with Crippen LogP contribution in [0, 0.1) is 0 Å². The molecule has 1 saturated heterocycles. The van der Waals surface area contributed by atoms with Crippen LogP contribution in [0.5, 0.6) is 0 Å². The maximum atomic E-state index is 12.5. The fraction of sp³-hybridized carbons (Fsp3) is 0.556. The molecule has 0 saturated carbocycles. The summed E-state index contributed by atoms with van der Waals surface area (Å²) in [6.45, 7) is 0.476. The van der Waals surface area contributed by atoms with Gasteiger partial charge in [0.25, 0.3) is 5.91 Å². The van der Waals surface area contributed by atoms with E-state index in [4.69, 9.17) is 0 Å². The summed E-state index contributed by atoms with van der Waals surface area (Å²) < 4.78 is 37.4. The van der Waals surface area contributed by atoms with Crippen LogP contribution in [0.3, 0.4) is 0 Å². The minimum atomic E-state index is -4.17. The molecule has 0 bridgehead atoms. The van der Waals surface area contributed by atoms with Crippen LogP contribution in [0.25, 0.3) is 0 Å². The molecule has 1 aliphatic heterocycles. The van der Waals surface area contributed by atoms with Gasteiger partial charge in [-0.3, -0.25) is 14.7 Å². The Morgan fingerprint density at radius 3 is 2.81 bits per heavy atom. The first-order valence-corrected chi connectivity index (χ1v) is 8.88. The van der Waals surface area contributed by atoms with Gasteiger partial charge in [0.2, 0.25) is 0 Å². The molecule has 0 spiro atoms. The largest absolute Gasteiger partial charge is 0.401 e. The van der Waals surface area contributed by atoms with Crippen molar-refractivity contribution in [1.82, 2.24) is 20.9 Å². The highest BCUT2D eigenvalue weighted by molar-refractivity contribution is 5.94. The molecule has 0 aliphatic carbocycles. The number of likely N-dealkylation sites (tertiary alicyclic amines) is 1. The second-order valence-corrected chi connectivity index (χ2v) is 6.51. The maximum Gasteiger partial charge on any atom is 0.401 e. The molecule has 1 atom stereocenters.